The molecule has 0 spiro atoms. The van der Waals surface area contributed by atoms with Crippen LogP contribution < -0.4 is 5.32 Å². The zero-order chi connectivity index (χ0) is 15.1. The lowest BCUT2D eigenvalue weighted by Gasteiger charge is -2.05. The lowest BCUT2D eigenvalue weighted by Crippen LogP contribution is -2.24. The highest BCUT2D eigenvalue weighted by atomic mass is 16.5. The van der Waals surface area contributed by atoms with Crippen LogP contribution in [0.15, 0.2) is 0 Å². The summed E-state index contributed by atoms with van der Waals surface area (Å²) in [7, 11) is 0. The molecule has 0 saturated carbocycles. The summed E-state index contributed by atoms with van der Waals surface area (Å²) in [4.78, 5) is 22.3. The lowest BCUT2D eigenvalue weighted by atomic mass is 10.1. The van der Waals surface area contributed by atoms with E-state index in [9.17, 15) is 9.59 Å². The van der Waals surface area contributed by atoms with Crippen LogP contribution in [0.5, 0.6) is 0 Å². The summed E-state index contributed by atoms with van der Waals surface area (Å²) < 4.78 is 5.03. The highest BCUT2D eigenvalue weighted by molar-refractivity contribution is 5.81. The predicted octanol–water partition coefficient (Wildman–Crippen LogP) is 2.52. The van der Waals surface area contributed by atoms with Crippen molar-refractivity contribution < 1.29 is 19.4 Å². The largest absolute Gasteiger partial charge is 0.466 e. The van der Waals surface area contributed by atoms with Gasteiger partial charge in [0.05, 0.1) is 13.0 Å². The van der Waals surface area contributed by atoms with Gasteiger partial charge in [0.1, 0.15) is 6.73 Å². The lowest BCUT2D eigenvalue weighted by molar-refractivity contribution is -0.145. The van der Waals surface area contributed by atoms with Crippen molar-refractivity contribution >= 4 is 11.9 Å². The fourth-order valence-corrected chi connectivity index (χ4v) is 1.89. The van der Waals surface area contributed by atoms with Gasteiger partial charge in [-0.05, 0) is 6.42 Å². The fourth-order valence-electron chi connectivity index (χ4n) is 1.89. The van der Waals surface area contributed by atoms with E-state index in [1.165, 1.54) is 38.5 Å². The summed E-state index contributed by atoms with van der Waals surface area (Å²) in [6.45, 7) is 2.25. The molecule has 5 heteroatoms. The molecule has 0 radical (unpaired) electrons. The Morgan fingerprint density at radius 1 is 0.950 bits per heavy atom. The molecule has 0 heterocycles. The number of unbranched alkanes of at least 4 members (excludes halogenated alkanes) is 7. The van der Waals surface area contributed by atoms with E-state index in [4.69, 9.17) is 9.84 Å². The Labute approximate surface area is 122 Å². The number of nitrogens with one attached hydrogen (secondary N) is 1. The number of carbonyl (C=O) groups excluding carboxylic acids is 2. The van der Waals surface area contributed by atoms with E-state index < -0.39 is 6.73 Å². The summed E-state index contributed by atoms with van der Waals surface area (Å²) in [6.07, 6.45) is 9.78. The van der Waals surface area contributed by atoms with Crippen molar-refractivity contribution in [2.75, 3.05) is 13.3 Å². The van der Waals surface area contributed by atoms with Gasteiger partial charge in [-0.2, -0.15) is 0 Å². The van der Waals surface area contributed by atoms with Crippen molar-refractivity contribution in [1.29, 1.82) is 0 Å². The van der Waals surface area contributed by atoms with Gasteiger partial charge in [0, 0.05) is 6.42 Å². The number of amides is 1. The zero-order valence-corrected chi connectivity index (χ0v) is 12.7. The zero-order valence-electron chi connectivity index (χ0n) is 12.7. The molecule has 5 nitrogen and oxygen atoms in total. The fraction of sp³-hybridized carbons (Fsp3) is 0.867. The summed E-state index contributed by atoms with van der Waals surface area (Å²) in [5.41, 5.74) is 0. The van der Waals surface area contributed by atoms with E-state index in [2.05, 4.69) is 12.2 Å². The summed E-state index contributed by atoms with van der Waals surface area (Å²) >= 11 is 0. The summed E-state index contributed by atoms with van der Waals surface area (Å²) in [5, 5.41) is 10.7. The number of ether oxygens (including phenoxy) is 1. The maximum absolute atomic E-state index is 11.3. The van der Waals surface area contributed by atoms with Gasteiger partial charge < -0.3 is 15.2 Å². The minimum absolute atomic E-state index is 0.0663. The second-order valence-electron chi connectivity index (χ2n) is 4.95. The molecule has 0 aromatic rings. The minimum atomic E-state index is -0.397. The van der Waals surface area contributed by atoms with Gasteiger partial charge in [-0.1, -0.05) is 51.9 Å². The van der Waals surface area contributed by atoms with Crippen molar-refractivity contribution in [2.24, 2.45) is 0 Å². The number of esters is 1. The maximum atomic E-state index is 11.3. The van der Waals surface area contributed by atoms with Crippen molar-refractivity contribution in [3.05, 3.63) is 0 Å². The van der Waals surface area contributed by atoms with Gasteiger partial charge >= 0.3 is 5.97 Å². The third-order valence-corrected chi connectivity index (χ3v) is 3.09. The van der Waals surface area contributed by atoms with Crippen LogP contribution in [0.1, 0.15) is 71.1 Å². The van der Waals surface area contributed by atoms with Gasteiger partial charge in [0.25, 0.3) is 0 Å². The van der Waals surface area contributed by atoms with Crippen LogP contribution in [0.3, 0.4) is 0 Å². The van der Waals surface area contributed by atoms with Gasteiger partial charge in [-0.25, -0.2) is 0 Å². The molecule has 118 valence electrons. The average molecular weight is 287 g/mol. The molecule has 0 aromatic carbocycles. The molecule has 0 aliphatic carbocycles. The van der Waals surface area contributed by atoms with Gasteiger partial charge in [0.2, 0.25) is 5.91 Å². The predicted molar refractivity (Wildman–Crippen MR) is 78.0 cm³/mol. The molecule has 0 unspecified atom stereocenters. The van der Waals surface area contributed by atoms with Crippen molar-refractivity contribution in [2.45, 2.75) is 71.1 Å². The van der Waals surface area contributed by atoms with Crippen LogP contribution in [0, 0.1) is 0 Å². The quantitative estimate of drug-likeness (QED) is 0.310. The molecule has 0 fully saturated rings. The Bertz CT molecular complexity index is 256. The first-order valence-electron chi connectivity index (χ1n) is 7.74. The number of aliphatic hydroxyl groups is 1. The molecule has 0 saturated heterocycles. The standard InChI is InChI=1S/C15H29NO4/c1-2-3-4-5-6-7-8-9-12-20-15(19)11-10-14(18)16-13-17/h17H,2-13H2,1H3,(H,16,18). The van der Waals surface area contributed by atoms with E-state index >= 15 is 0 Å². The van der Waals surface area contributed by atoms with Crippen molar-refractivity contribution in [1.82, 2.24) is 5.32 Å². The Morgan fingerprint density at radius 2 is 1.55 bits per heavy atom. The third-order valence-electron chi connectivity index (χ3n) is 3.09. The molecule has 0 aliphatic rings. The van der Waals surface area contributed by atoms with Crippen molar-refractivity contribution in [3.8, 4) is 0 Å². The van der Waals surface area contributed by atoms with Gasteiger partial charge in [-0.15, -0.1) is 0 Å². The molecule has 1 amide bonds. The Morgan fingerprint density at radius 3 is 2.15 bits per heavy atom. The van der Waals surface area contributed by atoms with E-state index in [0.717, 1.165) is 12.8 Å². The number of rotatable bonds is 13. The summed E-state index contributed by atoms with van der Waals surface area (Å²) in [5.74, 6) is -0.683. The van der Waals surface area contributed by atoms with Gasteiger partial charge in [-0.3, -0.25) is 9.59 Å². The molecule has 0 bridgehead atoms. The minimum Gasteiger partial charge on any atom is -0.466 e. The van der Waals surface area contributed by atoms with Gasteiger partial charge in [0.15, 0.2) is 0 Å². The summed E-state index contributed by atoms with van der Waals surface area (Å²) in [6, 6.07) is 0. The Hall–Kier alpha value is -1.10. The molecule has 0 aromatic heterocycles. The first kappa shape index (κ1) is 18.9. The monoisotopic (exact) mass is 287 g/mol. The van der Waals surface area contributed by atoms with Crippen LogP contribution in [0.2, 0.25) is 0 Å². The third kappa shape index (κ3) is 13.3. The van der Waals surface area contributed by atoms with Crippen LogP contribution in [0.4, 0.5) is 0 Å². The Balaban J connectivity index is 3.25. The van der Waals surface area contributed by atoms with Crippen LogP contribution in [-0.2, 0) is 14.3 Å². The van der Waals surface area contributed by atoms with E-state index in [1.54, 1.807) is 0 Å². The van der Waals surface area contributed by atoms with Crippen LogP contribution in [-0.4, -0.2) is 30.3 Å². The number of aliphatic hydroxyl groups excluding tert-OH is 1. The van der Waals surface area contributed by atoms with E-state index in [0.29, 0.717) is 6.61 Å². The molecular formula is C15H29NO4. The number of hydrogen-bond acceptors (Lipinski definition) is 4. The highest BCUT2D eigenvalue weighted by Gasteiger charge is 2.06. The molecule has 20 heavy (non-hydrogen) atoms. The Kier molecular flexibility index (Phi) is 13.5. The topological polar surface area (TPSA) is 75.6 Å². The second kappa shape index (κ2) is 14.3. The average Bonchev–Trinajstić information content (AvgIpc) is 2.43. The maximum Gasteiger partial charge on any atom is 0.306 e. The first-order valence-corrected chi connectivity index (χ1v) is 7.74. The number of hydrogen-bond donors (Lipinski definition) is 2. The highest BCUT2D eigenvalue weighted by Crippen LogP contribution is 2.08. The smallest absolute Gasteiger partial charge is 0.306 e. The molecule has 0 atom stereocenters. The van der Waals surface area contributed by atoms with Crippen LogP contribution in [0.25, 0.3) is 0 Å². The van der Waals surface area contributed by atoms with E-state index in [1.807, 2.05) is 0 Å². The molecule has 0 rings (SSSR count). The van der Waals surface area contributed by atoms with Crippen LogP contribution >= 0.6 is 0 Å². The number of carbonyl (C=O) groups is 2. The van der Waals surface area contributed by atoms with Crippen molar-refractivity contribution in [3.63, 3.8) is 0 Å². The normalized spacial score (nSPS) is 10.3. The molecule has 0 aliphatic heterocycles. The first-order chi connectivity index (χ1) is 9.70. The SMILES string of the molecule is CCCCCCCCCCOC(=O)CCC(=O)NCO. The molecular weight excluding hydrogens is 258 g/mol. The molecule has 2 N–H and O–H groups in total. The second-order valence-corrected chi connectivity index (χ2v) is 4.95. The van der Waals surface area contributed by atoms with E-state index in [-0.39, 0.29) is 24.7 Å².